The Labute approximate surface area is 112 Å². The van der Waals surface area contributed by atoms with Crippen molar-refractivity contribution in [2.45, 2.75) is 26.5 Å². The maximum absolute atomic E-state index is 11.8. The molecule has 0 spiro atoms. The number of ether oxygens (including phenoxy) is 1. The van der Waals surface area contributed by atoms with Crippen LogP contribution in [0.25, 0.3) is 0 Å². The van der Waals surface area contributed by atoms with Crippen molar-refractivity contribution in [3.8, 4) is 0 Å². The molecule has 6 nitrogen and oxygen atoms in total. The monoisotopic (exact) mass is 275 g/mol. The van der Waals surface area contributed by atoms with E-state index in [0.717, 1.165) is 23.6 Å². The molecule has 0 saturated carbocycles. The van der Waals surface area contributed by atoms with Crippen LogP contribution in [-0.4, -0.2) is 36.9 Å². The van der Waals surface area contributed by atoms with Crippen molar-refractivity contribution in [2.75, 3.05) is 19.7 Å². The Balaban J connectivity index is 0.00000162. The van der Waals surface area contributed by atoms with E-state index >= 15 is 0 Å². The topological polar surface area (TPSA) is 76.4 Å². The van der Waals surface area contributed by atoms with Gasteiger partial charge in [0.2, 0.25) is 0 Å². The molecule has 0 bridgehead atoms. The number of nitrogens with one attached hydrogen (secondary N) is 2. The Morgan fingerprint density at radius 1 is 1.56 bits per heavy atom. The van der Waals surface area contributed by atoms with Crippen molar-refractivity contribution >= 4 is 18.3 Å². The van der Waals surface area contributed by atoms with Gasteiger partial charge in [0.05, 0.1) is 12.3 Å². The number of hydrogen-bond donors (Lipinski definition) is 2. The highest BCUT2D eigenvalue weighted by molar-refractivity contribution is 5.85. The summed E-state index contributed by atoms with van der Waals surface area (Å²) in [5.74, 6) is 0.641. The number of carbonyl (C=O) groups excluding carboxylic acids is 1. The third-order valence-corrected chi connectivity index (χ3v) is 2.84. The molecule has 102 valence electrons. The van der Waals surface area contributed by atoms with Gasteiger partial charge < -0.3 is 19.9 Å². The predicted molar refractivity (Wildman–Crippen MR) is 67.7 cm³/mol. The highest BCUT2D eigenvalue weighted by Crippen LogP contribution is 2.11. The van der Waals surface area contributed by atoms with Crippen LogP contribution in [0, 0.1) is 13.8 Å². The van der Waals surface area contributed by atoms with Crippen LogP contribution < -0.4 is 10.6 Å². The molecule has 0 radical (unpaired) electrons. The van der Waals surface area contributed by atoms with Crippen LogP contribution in [-0.2, 0) is 16.1 Å². The first-order valence-electron chi connectivity index (χ1n) is 5.70. The van der Waals surface area contributed by atoms with E-state index in [4.69, 9.17) is 9.26 Å². The lowest BCUT2D eigenvalue weighted by atomic mass is 10.2. The van der Waals surface area contributed by atoms with Gasteiger partial charge in [-0.1, -0.05) is 5.16 Å². The summed E-state index contributed by atoms with van der Waals surface area (Å²) in [5.41, 5.74) is 1.74. The van der Waals surface area contributed by atoms with Crippen LogP contribution >= 0.6 is 12.4 Å². The van der Waals surface area contributed by atoms with Crippen LogP contribution in [0.15, 0.2) is 4.52 Å². The first kappa shape index (κ1) is 14.9. The minimum absolute atomic E-state index is 0. The lowest BCUT2D eigenvalue weighted by Crippen LogP contribution is -2.47. The maximum atomic E-state index is 11.8. The summed E-state index contributed by atoms with van der Waals surface area (Å²) >= 11 is 0. The average molecular weight is 276 g/mol. The molecule has 1 aliphatic heterocycles. The zero-order valence-electron chi connectivity index (χ0n) is 10.5. The molecule has 1 saturated heterocycles. The third kappa shape index (κ3) is 3.44. The van der Waals surface area contributed by atoms with Gasteiger partial charge in [-0.15, -0.1) is 12.4 Å². The fourth-order valence-corrected chi connectivity index (χ4v) is 1.78. The number of rotatable bonds is 3. The number of morpholine rings is 1. The number of hydrogen-bond acceptors (Lipinski definition) is 5. The fourth-order valence-electron chi connectivity index (χ4n) is 1.78. The molecule has 1 unspecified atom stereocenters. The summed E-state index contributed by atoms with van der Waals surface area (Å²) in [6, 6.07) is 0. The zero-order chi connectivity index (χ0) is 12.3. The highest BCUT2D eigenvalue weighted by Gasteiger charge is 2.22. The van der Waals surface area contributed by atoms with E-state index in [9.17, 15) is 4.79 Å². The Morgan fingerprint density at radius 2 is 2.33 bits per heavy atom. The van der Waals surface area contributed by atoms with Crippen LogP contribution in [0.5, 0.6) is 0 Å². The van der Waals surface area contributed by atoms with Gasteiger partial charge in [-0.3, -0.25) is 4.79 Å². The van der Waals surface area contributed by atoms with Crippen LogP contribution in [0.3, 0.4) is 0 Å². The van der Waals surface area contributed by atoms with Gasteiger partial charge in [-0.25, -0.2) is 0 Å². The Kier molecular flexibility index (Phi) is 5.58. The summed E-state index contributed by atoms with van der Waals surface area (Å²) in [6.07, 6.45) is -0.399. The van der Waals surface area contributed by atoms with Crippen molar-refractivity contribution in [1.29, 1.82) is 0 Å². The summed E-state index contributed by atoms with van der Waals surface area (Å²) in [5, 5.41) is 9.78. The summed E-state index contributed by atoms with van der Waals surface area (Å²) in [4.78, 5) is 11.8. The molecule has 1 fully saturated rings. The highest BCUT2D eigenvalue weighted by atomic mass is 35.5. The molecular formula is C11H18ClN3O3. The smallest absolute Gasteiger partial charge is 0.250 e. The van der Waals surface area contributed by atoms with E-state index in [2.05, 4.69) is 15.8 Å². The van der Waals surface area contributed by atoms with Crippen molar-refractivity contribution in [3.05, 3.63) is 17.0 Å². The van der Waals surface area contributed by atoms with Crippen molar-refractivity contribution < 1.29 is 14.1 Å². The van der Waals surface area contributed by atoms with Gasteiger partial charge in [0.25, 0.3) is 5.91 Å². The van der Waals surface area contributed by atoms with Gasteiger partial charge in [0.15, 0.2) is 0 Å². The number of carbonyl (C=O) groups is 1. The van der Waals surface area contributed by atoms with Crippen molar-refractivity contribution in [3.63, 3.8) is 0 Å². The number of amides is 1. The second-order valence-corrected chi connectivity index (χ2v) is 4.08. The van der Waals surface area contributed by atoms with E-state index < -0.39 is 6.10 Å². The maximum Gasteiger partial charge on any atom is 0.250 e. The standard InChI is InChI=1S/C11H17N3O3.ClH/c1-7-9(8(2)17-14-7)5-13-11(15)10-6-12-3-4-16-10;/h10,12H,3-6H2,1-2H3,(H,13,15);1H. The number of nitrogens with zero attached hydrogens (tertiary/aromatic N) is 1. The molecule has 1 atom stereocenters. The summed E-state index contributed by atoms with van der Waals surface area (Å²) in [6.45, 7) is 6.06. The minimum atomic E-state index is -0.399. The molecule has 2 N–H and O–H groups in total. The van der Waals surface area contributed by atoms with Crippen molar-refractivity contribution in [1.82, 2.24) is 15.8 Å². The summed E-state index contributed by atoms with van der Waals surface area (Å²) in [7, 11) is 0. The predicted octanol–water partition coefficient (Wildman–Crippen LogP) is 0.318. The summed E-state index contributed by atoms with van der Waals surface area (Å²) < 4.78 is 10.4. The minimum Gasteiger partial charge on any atom is -0.366 e. The zero-order valence-corrected chi connectivity index (χ0v) is 11.3. The molecule has 0 aromatic carbocycles. The van der Waals surface area contributed by atoms with E-state index in [0.29, 0.717) is 19.7 Å². The van der Waals surface area contributed by atoms with E-state index in [-0.39, 0.29) is 18.3 Å². The molecular weight excluding hydrogens is 258 g/mol. The lowest BCUT2D eigenvalue weighted by Gasteiger charge is -2.22. The lowest BCUT2D eigenvalue weighted by molar-refractivity contribution is -0.134. The normalized spacial score (nSPS) is 19.1. The molecule has 2 rings (SSSR count). The molecule has 1 amide bonds. The first-order chi connectivity index (χ1) is 8.18. The molecule has 18 heavy (non-hydrogen) atoms. The van der Waals surface area contributed by atoms with Gasteiger partial charge in [0, 0.05) is 25.2 Å². The van der Waals surface area contributed by atoms with Gasteiger partial charge in [-0.2, -0.15) is 0 Å². The molecule has 1 aliphatic rings. The SMILES string of the molecule is Cc1noc(C)c1CNC(=O)C1CNCCO1.Cl. The number of aryl methyl sites for hydroxylation is 2. The molecule has 7 heteroatoms. The molecule has 1 aromatic rings. The Bertz CT molecular complexity index is 383. The van der Waals surface area contributed by atoms with Crippen LogP contribution in [0.2, 0.25) is 0 Å². The molecule has 1 aromatic heterocycles. The van der Waals surface area contributed by atoms with Crippen LogP contribution in [0.4, 0.5) is 0 Å². The molecule has 0 aliphatic carbocycles. The number of aromatic nitrogens is 1. The van der Waals surface area contributed by atoms with Crippen molar-refractivity contribution in [2.24, 2.45) is 0 Å². The van der Waals surface area contributed by atoms with Gasteiger partial charge in [0.1, 0.15) is 11.9 Å². The van der Waals surface area contributed by atoms with Gasteiger partial charge >= 0.3 is 0 Å². The average Bonchev–Trinajstić information content (AvgIpc) is 2.67. The quantitative estimate of drug-likeness (QED) is 0.831. The van der Waals surface area contributed by atoms with Crippen LogP contribution in [0.1, 0.15) is 17.0 Å². The third-order valence-electron chi connectivity index (χ3n) is 2.84. The molecule has 2 heterocycles. The van der Waals surface area contributed by atoms with E-state index in [1.54, 1.807) is 0 Å². The second kappa shape index (κ2) is 6.72. The fraction of sp³-hybridized carbons (Fsp3) is 0.636. The first-order valence-corrected chi connectivity index (χ1v) is 5.70. The van der Waals surface area contributed by atoms with E-state index in [1.165, 1.54) is 0 Å². The van der Waals surface area contributed by atoms with E-state index in [1.807, 2.05) is 13.8 Å². The largest absolute Gasteiger partial charge is 0.366 e. The number of halogens is 1. The Morgan fingerprint density at radius 3 is 2.89 bits per heavy atom. The van der Waals surface area contributed by atoms with Gasteiger partial charge in [-0.05, 0) is 13.8 Å². The Hall–Kier alpha value is -1.11. The second-order valence-electron chi connectivity index (χ2n) is 4.08.